The van der Waals surface area contributed by atoms with E-state index in [4.69, 9.17) is 0 Å². The molecule has 1 atom stereocenters. The van der Waals surface area contributed by atoms with Crippen LogP contribution in [0.15, 0.2) is 41.3 Å². The minimum Gasteiger partial charge on any atom is -0.295 e. The molecular weight excluding hydrogens is 496 g/mol. The van der Waals surface area contributed by atoms with Gasteiger partial charge in [0.25, 0.3) is 21.9 Å². The number of hydrogen-bond donors (Lipinski definition) is 2. The van der Waals surface area contributed by atoms with Crippen LogP contribution in [-0.4, -0.2) is 47.5 Å². The Morgan fingerprint density at radius 2 is 1.76 bits per heavy atom. The summed E-state index contributed by atoms with van der Waals surface area (Å²) in [6, 6.07) is 8.56. The number of imide groups is 2. The van der Waals surface area contributed by atoms with Gasteiger partial charge in [0.1, 0.15) is 6.04 Å². The van der Waals surface area contributed by atoms with Crippen LogP contribution in [0.5, 0.6) is 0 Å². The topological polar surface area (TPSA) is 138 Å². The molecule has 2 N–H and O–H groups in total. The van der Waals surface area contributed by atoms with Crippen LogP contribution in [0.2, 0.25) is 0 Å². The van der Waals surface area contributed by atoms with Gasteiger partial charge in [-0.05, 0) is 62.4 Å². The number of amides is 4. The first-order valence-corrected chi connectivity index (χ1v) is 13.4. The molecule has 2 aromatic rings. The monoisotopic (exact) mass is 522 g/mol. The maximum absolute atomic E-state index is 12.9. The lowest BCUT2D eigenvalue weighted by atomic mass is 10.0. The van der Waals surface area contributed by atoms with Gasteiger partial charge < -0.3 is 0 Å². The molecule has 4 rings (SSSR count). The summed E-state index contributed by atoms with van der Waals surface area (Å²) in [4.78, 5) is 50.1. The standard InChI is InChI=1S/C27H26N2O7S/c1-17-9-13-23(37(34,35)36)19(15-17)8-6-4-2-3-5-7-18-10-11-20-21(16-18)27(33)29(26(20)32)22-12-14-24(30)28-25(22)31/h9-11,13,15-16,22H,2-4,6,8,12,14H2,1H3,(H,28,30,31)(H,34,35,36). The van der Waals surface area contributed by atoms with Gasteiger partial charge in [-0.15, -0.1) is 0 Å². The Balaban J connectivity index is 1.32. The van der Waals surface area contributed by atoms with Crippen LogP contribution in [0.25, 0.3) is 0 Å². The van der Waals surface area contributed by atoms with Crippen molar-refractivity contribution in [2.24, 2.45) is 0 Å². The van der Waals surface area contributed by atoms with E-state index in [1.165, 1.54) is 12.1 Å². The second-order valence-corrected chi connectivity index (χ2v) is 10.5. The lowest BCUT2D eigenvalue weighted by Gasteiger charge is -2.27. The Kier molecular flexibility index (Phi) is 7.57. The van der Waals surface area contributed by atoms with Crippen molar-refractivity contribution in [2.45, 2.75) is 62.8 Å². The second-order valence-electron chi connectivity index (χ2n) is 9.16. The van der Waals surface area contributed by atoms with Crippen LogP contribution < -0.4 is 5.32 Å². The average molecular weight is 523 g/mol. The molecule has 0 spiro atoms. The average Bonchev–Trinajstić information content (AvgIpc) is 3.07. The molecule has 0 bridgehead atoms. The lowest BCUT2D eigenvalue weighted by Crippen LogP contribution is -2.54. The molecule has 1 unspecified atom stereocenters. The first-order valence-electron chi connectivity index (χ1n) is 12.0. The molecule has 1 fully saturated rings. The smallest absolute Gasteiger partial charge is 0.294 e. The summed E-state index contributed by atoms with van der Waals surface area (Å²) in [6.07, 6.45) is 3.60. The first-order chi connectivity index (χ1) is 17.6. The highest BCUT2D eigenvalue weighted by molar-refractivity contribution is 7.85. The summed E-state index contributed by atoms with van der Waals surface area (Å²) in [7, 11) is -4.26. The van der Waals surface area contributed by atoms with Gasteiger partial charge in [-0.2, -0.15) is 8.42 Å². The van der Waals surface area contributed by atoms with Crippen molar-refractivity contribution in [1.29, 1.82) is 0 Å². The van der Waals surface area contributed by atoms with E-state index < -0.39 is 39.8 Å². The van der Waals surface area contributed by atoms with Gasteiger partial charge in [-0.25, -0.2) is 0 Å². The molecule has 0 saturated carbocycles. The number of benzene rings is 2. The Labute approximate surface area is 215 Å². The number of nitrogens with zero attached hydrogens (tertiary/aromatic N) is 1. The number of nitrogens with one attached hydrogen (secondary N) is 1. The fourth-order valence-corrected chi connectivity index (χ4v) is 5.31. The van der Waals surface area contributed by atoms with E-state index in [0.717, 1.165) is 29.7 Å². The predicted molar refractivity (Wildman–Crippen MR) is 133 cm³/mol. The van der Waals surface area contributed by atoms with Crippen molar-refractivity contribution >= 4 is 33.7 Å². The Morgan fingerprint density at radius 1 is 1.00 bits per heavy atom. The summed E-state index contributed by atoms with van der Waals surface area (Å²) in [5.74, 6) is 3.85. The molecule has 0 aromatic heterocycles. The highest BCUT2D eigenvalue weighted by atomic mass is 32.2. The van der Waals surface area contributed by atoms with Gasteiger partial charge in [0.15, 0.2) is 0 Å². The highest BCUT2D eigenvalue weighted by Gasteiger charge is 2.44. The minimum atomic E-state index is -4.26. The molecule has 0 radical (unpaired) electrons. The summed E-state index contributed by atoms with van der Waals surface area (Å²) in [5, 5.41) is 2.17. The quantitative estimate of drug-likeness (QED) is 0.247. The Hall–Kier alpha value is -3.81. The number of hydrogen-bond acceptors (Lipinski definition) is 6. The van der Waals surface area contributed by atoms with Crippen LogP contribution in [0.1, 0.15) is 75.9 Å². The third-order valence-electron chi connectivity index (χ3n) is 6.41. The maximum Gasteiger partial charge on any atom is 0.294 e. The molecule has 0 aliphatic carbocycles. The fourth-order valence-electron chi connectivity index (χ4n) is 4.57. The lowest BCUT2D eigenvalue weighted by molar-refractivity contribution is -0.136. The van der Waals surface area contributed by atoms with Crippen LogP contribution in [0, 0.1) is 18.8 Å². The molecule has 2 aliphatic rings. The largest absolute Gasteiger partial charge is 0.295 e. The van der Waals surface area contributed by atoms with Crippen molar-refractivity contribution in [3.8, 4) is 11.8 Å². The van der Waals surface area contributed by atoms with Gasteiger partial charge in [-0.3, -0.25) is 33.9 Å². The van der Waals surface area contributed by atoms with Gasteiger partial charge in [0.05, 0.1) is 16.0 Å². The molecule has 192 valence electrons. The first kappa shape index (κ1) is 26.3. The molecule has 4 amide bonds. The van der Waals surface area contributed by atoms with Crippen molar-refractivity contribution in [3.05, 3.63) is 64.2 Å². The number of piperidine rings is 1. The van der Waals surface area contributed by atoms with Crippen molar-refractivity contribution in [1.82, 2.24) is 10.2 Å². The fraction of sp³-hybridized carbons (Fsp3) is 0.333. The van der Waals surface area contributed by atoms with Crippen LogP contribution in [0.3, 0.4) is 0 Å². The molecule has 10 heteroatoms. The summed E-state index contributed by atoms with van der Waals surface area (Å²) in [6.45, 7) is 1.86. The van der Waals surface area contributed by atoms with Gasteiger partial charge in [0, 0.05) is 18.4 Å². The van der Waals surface area contributed by atoms with Crippen molar-refractivity contribution < 1.29 is 32.1 Å². The van der Waals surface area contributed by atoms with E-state index in [0.29, 0.717) is 24.0 Å². The number of unbranched alkanes of at least 4 members (excludes halogenated alkanes) is 3. The van der Waals surface area contributed by atoms with Gasteiger partial charge >= 0.3 is 0 Å². The maximum atomic E-state index is 12.9. The number of aryl methyl sites for hydroxylation is 2. The normalized spacial score (nSPS) is 17.4. The molecular formula is C27H26N2O7S. The summed E-state index contributed by atoms with van der Waals surface area (Å²) in [5.41, 5.74) is 2.48. The van der Waals surface area contributed by atoms with E-state index in [-0.39, 0.29) is 28.9 Å². The zero-order chi connectivity index (χ0) is 26.7. The van der Waals surface area contributed by atoms with Crippen molar-refractivity contribution in [2.75, 3.05) is 0 Å². The van der Waals surface area contributed by atoms with Crippen LogP contribution >= 0.6 is 0 Å². The minimum absolute atomic E-state index is 0.0568. The molecule has 1 saturated heterocycles. The second kappa shape index (κ2) is 10.7. The van der Waals surface area contributed by atoms with Crippen molar-refractivity contribution in [3.63, 3.8) is 0 Å². The van der Waals surface area contributed by atoms with E-state index >= 15 is 0 Å². The number of carbonyl (C=O) groups is 4. The molecule has 37 heavy (non-hydrogen) atoms. The molecule has 2 aliphatic heterocycles. The number of carbonyl (C=O) groups excluding carboxylic acids is 4. The predicted octanol–water partition coefficient (Wildman–Crippen LogP) is 2.80. The third-order valence-corrected chi connectivity index (χ3v) is 7.37. The van der Waals surface area contributed by atoms with E-state index in [1.807, 2.05) is 6.92 Å². The zero-order valence-corrected chi connectivity index (χ0v) is 21.1. The Bertz CT molecular complexity index is 1470. The van der Waals surface area contributed by atoms with E-state index in [2.05, 4.69) is 17.2 Å². The zero-order valence-electron chi connectivity index (χ0n) is 20.2. The number of fused-ring (bicyclic) bond motifs is 1. The number of rotatable bonds is 7. The highest BCUT2D eigenvalue weighted by Crippen LogP contribution is 2.28. The van der Waals surface area contributed by atoms with E-state index in [9.17, 15) is 32.1 Å². The Morgan fingerprint density at radius 3 is 2.49 bits per heavy atom. The van der Waals surface area contributed by atoms with Crippen LogP contribution in [0.4, 0.5) is 0 Å². The van der Waals surface area contributed by atoms with Crippen LogP contribution in [-0.2, 0) is 26.1 Å². The summed E-state index contributed by atoms with van der Waals surface area (Å²) >= 11 is 0. The SMILES string of the molecule is Cc1ccc(S(=O)(=O)O)c(CCCCCC#Cc2ccc3c(c2)C(=O)N(C2CCC(=O)NC2=O)C3=O)c1. The molecule has 2 heterocycles. The van der Waals surface area contributed by atoms with Gasteiger partial charge in [-0.1, -0.05) is 36.0 Å². The molecule has 2 aromatic carbocycles. The third kappa shape index (κ3) is 5.79. The summed E-state index contributed by atoms with van der Waals surface area (Å²) < 4.78 is 32.6. The van der Waals surface area contributed by atoms with E-state index in [1.54, 1.807) is 24.3 Å². The molecule has 9 nitrogen and oxygen atoms in total. The van der Waals surface area contributed by atoms with Gasteiger partial charge in [0.2, 0.25) is 11.8 Å².